The van der Waals surface area contributed by atoms with Gasteiger partial charge in [-0.25, -0.2) is 9.97 Å². The first kappa shape index (κ1) is 12.8. The van der Waals surface area contributed by atoms with Gasteiger partial charge in [-0.05, 0) is 43.2 Å². The first-order valence-electron chi connectivity index (χ1n) is 7.22. The highest BCUT2D eigenvalue weighted by Gasteiger charge is 2.14. The third kappa shape index (κ3) is 1.69. The summed E-state index contributed by atoms with van der Waals surface area (Å²) in [6.07, 6.45) is 0. The lowest BCUT2D eigenvalue weighted by Crippen LogP contribution is -1.98. The molecule has 0 saturated carbocycles. The van der Waals surface area contributed by atoms with Crippen molar-refractivity contribution < 1.29 is 0 Å². The summed E-state index contributed by atoms with van der Waals surface area (Å²) < 4.78 is 1.94. The first-order valence-corrected chi connectivity index (χ1v) is 7.22. The second-order valence-electron chi connectivity index (χ2n) is 5.58. The topological polar surface area (TPSA) is 54.5 Å². The molecule has 0 unspecified atom stereocenters. The third-order valence-corrected chi connectivity index (χ3v) is 4.20. The molecule has 4 rings (SSSR count). The van der Waals surface area contributed by atoms with E-state index in [0.29, 0.717) is 0 Å². The van der Waals surface area contributed by atoms with Gasteiger partial charge in [-0.2, -0.15) is 5.26 Å². The molecular weight excluding hydrogens is 272 g/mol. The van der Waals surface area contributed by atoms with Crippen LogP contribution in [0.25, 0.3) is 33.1 Å². The Morgan fingerprint density at radius 3 is 2.45 bits per heavy atom. The number of benzene rings is 2. The minimum Gasteiger partial charge on any atom is -0.310 e. The quantitative estimate of drug-likeness (QED) is 0.533. The van der Waals surface area contributed by atoms with Crippen molar-refractivity contribution in [3.63, 3.8) is 0 Å². The molecule has 106 valence electrons. The van der Waals surface area contributed by atoms with E-state index in [2.05, 4.69) is 32.0 Å². The second kappa shape index (κ2) is 4.54. The van der Waals surface area contributed by atoms with Gasteiger partial charge in [0.05, 0.1) is 22.6 Å². The van der Waals surface area contributed by atoms with E-state index in [0.717, 1.165) is 33.1 Å². The summed E-state index contributed by atoms with van der Waals surface area (Å²) in [6.45, 7) is 4.43. The third-order valence-electron chi connectivity index (χ3n) is 4.20. The summed E-state index contributed by atoms with van der Waals surface area (Å²) in [5.41, 5.74) is 6.82. The minimum atomic E-state index is 0.273. The van der Waals surface area contributed by atoms with Crippen LogP contribution in [0.15, 0.2) is 36.4 Å². The van der Waals surface area contributed by atoms with Crippen LogP contribution >= 0.6 is 0 Å². The molecule has 4 heteroatoms. The number of fused-ring (bicyclic) bond motifs is 4. The molecule has 0 aliphatic heterocycles. The van der Waals surface area contributed by atoms with Gasteiger partial charge < -0.3 is 4.57 Å². The molecule has 0 aliphatic rings. The van der Waals surface area contributed by atoms with E-state index >= 15 is 0 Å². The summed E-state index contributed by atoms with van der Waals surface area (Å²) >= 11 is 0. The number of rotatable bonds is 1. The Kier molecular flexibility index (Phi) is 2.64. The standard InChI is InChI=1S/C18H14N4/c1-11-9-14-15(10-12(11)2)21-18-17(20-14)13-5-3-4-6-16(13)22(18)8-7-19/h3-6,9-10H,8H2,1-2H3. The van der Waals surface area contributed by atoms with Gasteiger partial charge in [0.1, 0.15) is 12.1 Å². The van der Waals surface area contributed by atoms with Crippen LogP contribution in [0.2, 0.25) is 0 Å². The fourth-order valence-electron chi connectivity index (χ4n) is 2.93. The predicted molar refractivity (Wildman–Crippen MR) is 87.6 cm³/mol. The molecule has 0 aliphatic carbocycles. The SMILES string of the molecule is Cc1cc2nc3c4ccccc4n(CC#N)c3nc2cc1C. The molecule has 0 bridgehead atoms. The van der Waals surface area contributed by atoms with Gasteiger partial charge in [0, 0.05) is 5.39 Å². The van der Waals surface area contributed by atoms with Crippen molar-refractivity contribution in [2.45, 2.75) is 20.4 Å². The van der Waals surface area contributed by atoms with Crippen molar-refractivity contribution in [3.8, 4) is 6.07 Å². The van der Waals surface area contributed by atoms with Gasteiger partial charge >= 0.3 is 0 Å². The largest absolute Gasteiger partial charge is 0.310 e. The minimum absolute atomic E-state index is 0.273. The average molecular weight is 286 g/mol. The molecule has 2 aromatic heterocycles. The Labute approximate surface area is 127 Å². The average Bonchev–Trinajstić information content (AvgIpc) is 2.81. The molecule has 22 heavy (non-hydrogen) atoms. The zero-order valence-corrected chi connectivity index (χ0v) is 12.5. The highest BCUT2D eigenvalue weighted by molar-refractivity contribution is 6.06. The second-order valence-corrected chi connectivity index (χ2v) is 5.58. The van der Waals surface area contributed by atoms with Crippen LogP contribution in [-0.4, -0.2) is 14.5 Å². The summed E-state index contributed by atoms with van der Waals surface area (Å²) in [5, 5.41) is 10.2. The fraction of sp³-hybridized carbons (Fsp3) is 0.167. The molecule has 0 radical (unpaired) electrons. The van der Waals surface area contributed by atoms with Crippen LogP contribution < -0.4 is 0 Å². The Morgan fingerprint density at radius 2 is 1.73 bits per heavy atom. The van der Waals surface area contributed by atoms with Crippen molar-refractivity contribution in [2.24, 2.45) is 0 Å². The maximum absolute atomic E-state index is 9.13. The smallest absolute Gasteiger partial charge is 0.161 e. The number of nitrogens with zero attached hydrogens (tertiary/aromatic N) is 4. The lowest BCUT2D eigenvalue weighted by Gasteiger charge is -2.04. The van der Waals surface area contributed by atoms with Crippen molar-refractivity contribution in [3.05, 3.63) is 47.5 Å². The van der Waals surface area contributed by atoms with E-state index in [4.69, 9.17) is 15.2 Å². The predicted octanol–water partition coefficient (Wildman–Crippen LogP) is 3.88. The van der Waals surface area contributed by atoms with E-state index in [-0.39, 0.29) is 6.54 Å². The van der Waals surface area contributed by atoms with E-state index in [1.807, 2.05) is 28.8 Å². The van der Waals surface area contributed by atoms with Gasteiger partial charge in [0.25, 0.3) is 0 Å². The molecule has 2 heterocycles. The molecule has 0 spiro atoms. The van der Waals surface area contributed by atoms with E-state index in [1.165, 1.54) is 11.1 Å². The highest BCUT2D eigenvalue weighted by Crippen LogP contribution is 2.28. The van der Waals surface area contributed by atoms with Gasteiger partial charge in [-0.1, -0.05) is 18.2 Å². The fourth-order valence-corrected chi connectivity index (χ4v) is 2.93. The number of nitriles is 1. The van der Waals surface area contributed by atoms with Crippen LogP contribution in [0.3, 0.4) is 0 Å². The number of aryl methyl sites for hydroxylation is 2. The summed E-state index contributed by atoms with van der Waals surface area (Å²) in [6, 6.07) is 14.4. The van der Waals surface area contributed by atoms with Crippen LogP contribution in [-0.2, 0) is 6.54 Å². The molecule has 0 amide bonds. The van der Waals surface area contributed by atoms with Crippen LogP contribution in [0.5, 0.6) is 0 Å². The van der Waals surface area contributed by atoms with Crippen LogP contribution in [0.1, 0.15) is 11.1 Å². The summed E-state index contributed by atoms with van der Waals surface area (Å²) in [7, 11) is 0. The molecule has 2 aromatic carbocycles. The maximum atomic E-state index is 9.13. The van der Waals surface area contributed by atoms with Crippen LogP contribution in [0, 0.1) is 25.2 Å². The monoisotopic (exact) mass is 286 g/mol. The molecular formula is C18H14N4. The Morgan fingerprint density at radius 1 is 1.05 bits per heavy atom. The number of hydrogen-bond donors (Lipinski definition) is 0. The summed E-state index contributed by atoms with van der Waals surface area (Å²) in [5.74, 6) is 0. The normalized spacial score (nSPS) is 11.3. The Balaban J connectivity index is 2.22. The molecule has 4 aromatic rings. The zero-order chi connectivity index (χ0) is 15.3. The van der Waals surface area contributed by atoms with Crippen molar-refractivity contribution in [2.75, 3.05) is 0 Å². The van der Waals surface area contributed by atoms with Crippen molar-refractivity contribution >= 4 is 33.1 Å². The van der Waals surface area contributed by atoms with Gasteiger partial charge in [-0.15, -0.1) is 0 Å². The van der Waals surface area contributed by atoms with E-state index < -0.39 is 0 Å². The zero-order valence-electron chi connectivity index (χ0n) is 12.5. The van der Waals surface area contributed by atoms with Crippen LogP contribution in [0.4, 0.5) is 0 Å². The van der Waals surface area contributed by atoms with Crippen molar-refractivity contribution in [1.29, 1.82) is 5.26 Å². The lowest BCUT2D eigenvalue weighted by atomic mass is 10.1. The van der Waals surface area contributed by atoms with Gasteiger partial charge in [0.15, 0.2) is 5.65 Å². The van der Waals surface area contributed by atoms with Crippen molar-refractivity contribution in [1.82, 2.24) is 14.5 Å². The molecule has 4 nitrogen and oxygen atoms in total. The number of para-hydroxylation sites is 1. The number of hydrogen-bond acceptors (Lipinski definition) is 3. The first-order chi connectivity index (χ1) is 10.7. The molecule has 0 atom stereocenters. The Hall–Kier alpha value is -2.93. The summed E-state index contributed by atoms with van der Waals surface area (Å²) in [4.78, 5) is 9.60. The van der Waals surface area contributed by atoms with Gasteiger partial charge in [-0.3, -0.25) is 0 Å². The highest BCUT2D eigenvalue weighted by atomic mass is 15.1. The molecule has 0 N–H and O–H groups in total. The van der Waals surface area contributed by atoms with Gasteiger partial charge in [0.2, 0.25) is 0 Å². The number of aromatic nitrogens is 3. The molecule has 0 fully saturated rings. The molecule has 0 saturated heterocycles. The Bertz CT molecular complexity index is 1080. The van der Waals surface area contributed by atoms with E-state index in [1.54, 1.807) is 0 Å². The van der Waals surface area contributed by atoms with E-state index in [9.17, 15) is 0 Å². The maximum Gasteiger partial charge on any atom is 0.161 e. The lowest BCUT2D eigenvalue weighted by molar-refractivity contribution is 0.896.